The zero-order valence-electron chi connectivity index (χ0n) is 16.8. The summed E-state index contributed by atoms with van der Waals surface area (Å²) in [5, 5.41) is 5.93. The number of fused-ring (bicyclic) bond motifs is 1. The monoisotopic (exact) mass is 400 g/mol. The van der Waals surface area contributed by atoms with E-state index < -0.39 is 0 Å². The van der Waals surface area contributed by atoms with E-state index in [-0.39, 0.29) is 0 Å². The van der Waals surface area contributed by atoms with Crippen LogP contribution in [0.5, 0.6) is 5.75 Å². The molecule has 30 heavy (non-hydrogen) atoms. The first-order valence-electron chi connectivity index (χ1n) is 10.3. The fraction of sp³-hybridized carbons (Fsp3) is 0.250. The molecule has 0 atom stereocenters. The third-order valence-electron chi connectivity index (χ3n) is 5.33. The third-order valence-corrected chi connectivity index (χ3v) is 5.33. The summed E-state index contributed by atoms with van der Waals surface area (Å²) in [4.78, 5) is 6.96. The Morgan fingerprint density at radius 1 is 0.933 bits per heavy atom. The van der Waals surface area contributed by atoms with E-state index in [1.807, 2.05) is 53.2 Å². The van der Waals surface area contributed by atoms with Gasteiger partial charge >= 0.3 is 0 Å². The molecule has 6 nitrogen and oxygen atoms in total. The zero-order valence-corrected chi connectivity index (χ0v) is 16.8. The molecule has 0 spiro atoms. The molecular weight excluding hydrogens is 376 g/mol. The molecule has 1 aliphatic heterocycles. The Kier molecular flexibility index (Phi) is 5.42. The summed E-state index contributed by atoms with van der Waals surface area (Å²) in [6, 6.07) is 22.3. The summed E-state index contributed by atoms with van der Waals surface area (Å²) < 4.78 is 13.3. The average molecular weight is 400 g/mol. The van der Waals surface area contributed by atoms with E-state index in [0.717, 1.165) is 66.6 Å². The number of morpholine rings is 1. The highest BCUT2D eigenvalue weighted by molar-refractivity contribution is 5.91. The minimum atomic E-state index is 0.650. The molecule has 0 unspecified atom stereocenters. The molecule has 0 N–H and O–H groups in total. The van der Waals surface area contributed by atoms with E-state index in [4.69, 9.17) is 14.6 Å². The van der Waals surface area contributed by atoms with Crippen molar-refractivity contribution in [3.8, 4) is 22.7 Å². The SMILES string of the molecule is c1ccc(-c2nn(-c3cccc(OCCN4CCOCC4)c3)c3ncccc23)cc1. The van der Waals surface area contributed by atoms with Crippen molar-refractivity contribution >= 4 is 11.0 Å². The molecule has 6 heteroatoms. The predicted octanol–water partition coefficient (Wildman–Crippen LogP) is 3.80. The lowest BCUT2D eigenvalue weighted by molar-refractivity contribution is 0.0322. The lowest BCUT2D eigenvalue weighted by atomic mass is 10.1. The maximum atomic E-state index is 6.03. The second-order valence-corrected chi connectivity index (χ2v) is 7.30. The molecule has 0 amide bonds. The maximum Gasteiger partial charge on any atom is 0.163 e. The number of hydrogen-bond acceptors (Lipinski definition) is 5. The van der Waals surface area contributed by atoms with E-state index in [2.05, 4.69) is 28.1 Å². The van der Waals surface area contributed by atoms with Crippen molar-refractivity contribution in [2.45, 2.75) is 0 Å². The Bertz CT molecular complexity index is 1120. The number of aromatic nitrogens is 3. The van der Waals surface area contributed by atoms with Gasteiger partial charge in [0, 0.05) is 42.8 Å². The fourth-order valence-corrected chi connectivity index (χ4v) is 3.76. The molecule has 2 aromatic carbocycles. The molecule has 1 fully saturated rings. The minimum absolute atomic E-state index is 0.650. The summed E-state index contributed by atoms with van der Waals surface area (Å²) in [7, 11) is 0. The van der Waals surface area contributed by atoms with Gasteiger partial charge in [0.1, 0.15) is 18.1 Å². The van der Waals surface area contributed by atoms with Gasteiger partial charge in [0.05, 0.1) is 18.9 Å². The van der Waals surface area contributed by atoms with Crippen LogP contribution in [0.1, 0.15) is 0 Å². The molecule has 0 radical (unpaired) electrons. The first-order chi connectivity index (χ1) is 14.9. The van der Waals surface area contributed by atoms with Gasteiger partial charge in [0.2, 0.25) is 0 Å². The highest BCUT2D eigenvalue weighted by Crippen LogP contribution is 2.29. The second kappa shape index (κ2) is 8.65. The molecule has 1 aliphatic rings. The van der Waals surface area contributed by atoms with E-state index in [1.165, 1.54) is 0 Å². The number of pyridine rings is 1. The Morgan fingerprint density at radius 3 is 2.67 bits per heavy atom. The Balaban J connectivity index is 1.41. The number of nitrogens with zero attached hydrogens (tertiary/aromatic N) is 4. The van der Waals surface area contributed by atoms with E-state index in [0.29, 0.717) is 6.61 Å². The quantitative estimate of drug-likeness (QED) is 0.493. The first kappa shape index (κ1) is 18.8. The second-order valence-electron chi connectivity index (χ2n) is 7.30. The zero-order chi connectivity index (χ0) is 20.2. The third kappa shape index (κ3) is 3.92. The van der Waals surface area contributed by atoms with Crippen LogP contribution >= 0.6 is 0 Å². The lowest BCUT2D eigenvalue weighted by Crippen LogP contribution is -2.38. The number of benzene rings is 2. The van der Waals surface area contributed by atoms with Crippen LogP contribution in [-0.4, -0.2) is 59.1 Å². The van der Waals surface area contributed by atoms with Crippen LogP contribution in [0.4, 0.5) is 0 Å². The highest BCUT2D eigenvalue weighted by Gasteiger charge is 2.15. The molecule has 2 aromatic heterocycles. The summed E-state index contributed by atoms with van der Waals surface area (Å²) in [6.45, 7) is 5.10. The Labute approximate surface area is 175 Å². The van der Waals surface area contributed by atoms with Crippen LogP contribution in [0.3, 0.4) is 0 Å². The number of rotatable bonds is 6. The molecule has 0 saturated carbocycles. The van der Waals surface area contributed by atoms with E-state index >= 15 is 0 Å². The van der Waals surface area contributed by atoms with Gasteiger partial charge in [-0.1, -0.05) is 36.4 Å². The van der Waals surface area contributed by atoms with Gasteiger partial charge < -0.3 is 9.47 Å². The summed E-state index contributed by atoms with van der Waals surface area (Å²) >= 11 is 0. The molecule has 0 aliphatic carbocycles. The van der Waals surface area contributed by atoms with Gasteiger partial charge in [0.15, 0.2) is 5.65 Å². The number of ether oxygens (including phenoxy) is 2. The van der Waals surface area contributed by atoms with Crippen LogP contribution < -0.4 is 4.74 Å². The highest BCUT2D eigenvalue weighted by atomic mass is 16.5. The van der Waals surface area contributed by atoms with Crippen molar-refractivity contribution in [2.24, 2.45) is 0 Å². The summed E-state index contributed by atoms with van der Waals surface area (Å²) in [6.07, 6.45) is 1.80. The standard InChI is InChI=1S/C24H24N4O2/c1-2-6-19(7-3-1)23-22-10-5-11-25-24(22)28(26-23)20-8-4-9-21(18-20)30-17-14-27-12-15-29-16-13-27/h1-11,18H,12-17H2. The van der Waals surface area contributed by atoms with Crippen molar-refractivity contribution in [2.75, 3.05) is 39.5 Å². The predicted molar refractivity (Wildman–Crippen MR) is 117 cm³/mol. The van der Waals surface area contributed by atoms with Gasteiger partial charge in [-0.15, -0.1) is 0 Å². The Hall–Kier alpha value is -3.22. The van der Waals surface area contributed by atoms with Crippen LogP contribution in [-0.2, 0) is 4.74 Å². The topological polar surface area (TPSA) is 52.4 Å². The molecular formula is C24H24N4O2. The summed E-state index contributed by atoms with van der Waals surface area (Å²) in [5.41, 5.74) is 3.77. The fourth-order valence-electron chi connectivity index (χ4n) is 3.76. The van der Waals surface area contributed by atoms with Gasteiger partial charge in [-0.05, 0) is 24.3 Å². The lowest BCUT2D eigenvalue weighted by Gasteiger charge is -2.26. The van der Waals surface area contributed by atoms with Crippen molar-refractivity contribution < 1.29 is 9.47 Å². The first-order valence-corrected chi connectivity index (χ1v) is 10.3. The van der Waals surface area contributed by atoms with Crippen LogP contribution in [0.2, 0.25) is 0 Å². The molecule has 3 heterocycles. The van der Waals surface area contributed by atoms with Gasteiger partial charge in [-0.3, -0.25) is 4.90 Å². The normalized spacial score (nSPS) is 14.8. The summed E-state index contributed by atoms with van der Waals surface area (Å²) in [5.74, 6) is 0.835. The van der Waals surface area contributed by atoms with Gasteiger partial charge in [-0.2, -0.15) is 5.10 Å². The average Bonchev–Trinajstić information content (AvgIpc) is 3.20. The van der Waals surface area contributed by atoms with Gasteiger partial charge in [-0.25, -0.2) is 9.67 Å². The van der Waals surface area contributed by atoms with E-state index in [1.54, 1.807) is 6.20 Å². The van der Waals surface area contributed by atoms with E-state index in [9.17, 15) is 0 Å². The molecule has 152 valence electrons. The largest absolute Gasteiger partial charge is 0.492 e. The Morgan fingerprint density at radius 2 is 1.80 bits per heavy atom. The molecule has 1 saturated heterocycles. The number of hydrogen-bond donors (Lipinski definition) is 0. The van der Waals surface area contributed by atoms with Crippen molar-refractivity contribution in [3.63, 3.8) is 0 Å². The van der Waals surface area contributed by atoms with Crippen molar-refractivity contribution in [1.29, 1.82) is 0 Å². The van der Waals surface area contributed by atoms with Crippen LogP contribution in [0.25, 0.3) is 28.0 Å². The molecule has 4 aromatic rings. The van der Waals surface area contributed by atoms with Crippen LogP contribution in [0.15, 0.2) is 72.9 Å². The molecule has 0 bridgehead atoms. The smallest absolute Gasteiger partial charge is 0.163 e. The van der Waals surface area contributed by atoms with Crippen LogP contribution in [0, 0.1) is 0 Å². The van der Waals surface area contributed by atoms with Crippen molar-refractivity contribution in [3.05, 3.63) is 72.9 Å². The van der Waals surface area contributed by atoms with Gasteiger partial charge in [0.25, 0.3) is 0 Å². The minimum Gasteiger partial charge on any atom is -0.492 e. The molecule has 5 rings (SSSR count). The van der Waals surface area contributed by atoms with Crippen molar-refractivity contribution in [1.82, 2.24) is 19.7 Å². The maximum absolute atomic E-state index is 6.03.